The standard InChI is InChI=1S/C13H25NOS/c1-15-12-8-11(9-12)14-10-13(16-2)6-4-3-5-7-13/h11-12,14H,3-10H2,1-2H3. The van der Waals surface area contributed by atoms with Crippen molar-refractivity contribution in [3.05, 3.63) is 0 Å². The van der Waals surface area contributed by atoms with Crippen molar-refractivity contribution >= 4 is 11.8 Å². The zero-order valence-corrected chi connectivity index (χ0v) is 11.4. The molecule has 0 aromatic rings. The Balaban J connectivity index is 1.71. The van der Waals surface area contributed by atoms with Gasteiger partial charge in [0.25, 0.3) is 0 Å². The molecule has 0 spiro atoms. The van der Waals surface area contributed by atoms with Crippen LogP contribution in [0.2, 0.25) is 0 Å². The Kier molecular flexibility index (Phi) is 4.57. The molecule has 2 saturated carbocycles. The molecule has 3 heteroatoms. The van der Waals surface area contributed by atoms with Crippen LogP contribution < -0.4 is 5.32 Å². The van der Waals surface area contributed by atoms with Gasteiger partial charge in [-0.3, -0.25) is 0 Å². The highest BCUT2D eigenvalue weighted by molar-refractivity contribution is 8.00. The minimum Gasteiger partial charge on any atom is -0.381 e. The SMILES string of the molecule is COC1CC(NCC2(SC)CCCCC2)C1. The first-order valence-corrected chi connectivity index (χ1v) is 7.82. The summed E-state index contributed by atoms with van der Waals surface area (Å²) < 4.78 is 5.85. The molecule has 0 heterocycles. The van der Waals surface area contributed by atoms with Gasteiger partial charge in [0.15, 0.2) is 0 Å². The van der Waals surface area contributed by atoms with Crippen LogP contribution in [-0.4, -0.2) is 36.8 Å². The normalized spacial score (nSPS) is 33.4. The van der Waals surface area contributed by atoms with E-state index in [4.69, 9.17) is 4.74 Å². The predicted octanol–water partition coefficient (Wildman–Crippen LogP) is 2.82. The molecule has 16 heavy (non-hydrogen) atoms. The third-order valence-electron chi connectivity index (χ3n) is 4.34. The molecule has 0 atom stereocenters. The predicted molar refractivity (Wildman–Crippen MR) is 71.2 cm³/mol. The van der Waals surface area contributed by atoms with E-state index in [1.165, 1.54) is 51.5 Å². The molecule has 0 saturated heterocycles. The lowest BCUT2D eigenvalue weighted by atomic mass is 9.85. The van der Waals surface area contributed by atoms with E-state index >= 15 is 0 Å². The Morgan fingerprint density at radius 1 is 1.25 bits per heavy atom. The first-order valence-electron chi connectivity index (χ1n) is 6.59. The lowest BCUT2D eigenvalue weighted by molar-refractivity contribution is 0.0166. The maximum Gasteiger partial charge on any atom is 0.0601 e. The van der Waals surface area contributed by atoms with Crippen molar-refractivity contribution in [2.75, 3.05) is 19.9 Å². The Bertz CT molecular complexity index is 210. The molecule has 0 aliphatic heterocycles. The summed E-state index contributed by atoms with van der Waals surface area (Å²) in [6.07, 6.45) is 12.3. The summed E-state index contributed by atoms with van der Waals surface area (Å²) in [5.41, 5.74) is 0. The van der Waals surface area contributed by atoms with Gasteiger partial charge in [-0.15, -0.1) is 0 Å². The molecule has 2 aliphatic rings. The van der Waals surface area contributed by atoms with E-state index in [2.05, 4.69) is 23.3 Å². The second kappa shape index (κ2) is 5.74. The largest absolute Gasteiger partial charge is 0.381 e. The number of methoxy groups -OCH3 is 1. The van der Waals surface area contributed by atoms with Crippen molar-refractivity contribution in [3.63, 3.8) is 0 Å². The zero-order valence-electron chi connectivity index (χ0n) is 10.6. The van der Waals surface area contributed by atoms with Gasteiger partial charge in [0, 0.05) is 24.4 Å². The Labute approximate surface area is 104 Å². The average molecular weight is 243 g/mol. The van der Waals surface area contributed by atoms with Gasteiger partial charge in [-0.2, -0.15) is 11.8 Å². The molecule has 1 N–H and O–H groups in total. The summed E-state index contributed by atoms with van der Waals surface area (Å²) in [6.45, 7) is 1.20. The molecule has 2 nitrogen and oxygen atoms in total. The van der Waals surface area contributed by atoms with Gasteiger partial charge < -0.3 is 10.1 Å². The first-order chi connectivity index (χ1) is 7.78. The van der Waals surface area contributed by atoms with Gasteiger partial charge in [-0.25, -0.2) is 0 Å². The number of hydrogen-bond acceptors (Lipinski definition) is 3. The van der Waals surface area contributed by atoms with Crippen molar-refractivity contribution in [1.82, 2.24) is 5.32 Å². The van der Waals surface area contributed by atoms with Crippen LogP contribution >= 0.6 is 11.8 Å². The lowest BCUT2D eigenvalue weighted by Gasteiger charge is -2.41. The van der Waals surface area contributed by atoms with Crippen molar-refractivity contribution in [3.8, 4) is 0 Å². The molecule has 0 bridgehead atoms. The highest BCUT2D eigenvalue weighted by Crippen LogP contribution is 2.38. The summed E-state index contributed by atoms with van der Waals surface area (Å²) in [5, 5.41) is 3.74. The van der Waals surface area contributed by atoms with Gasteiger partial charge in [0.05, 0.1) is 6.10 Å². The molecular formula is C13H25NOS. The van der Waals surface area contributed by atoms with E-state index in [0.29, 0.717) is 10.9 Å². The molecule has 2 rings (SSSR count). The highest BCUT2D eigenvalue weighted by Gasteiger charge is 2.34. The highest BCUT2D eigenvalue weighted by atomic mass is 32.2. The fourth-order valence-electron chi connectivity index (χ4n) is 2.90. The first kappa shape index (κ1) is 12.7. The molecule has 2 fully saturated rings. The third kappa shape index (κ3) is 2.93. The third-order valence-corrected chi connectivity index (χ3v) is 5.76. The number of ether oxygens (including phenoxy) is 1. The van der Waals surface area contributed by atoms with Crippen molar-refractivity contribution in [2.45, 2.75) is 61.8 Å². The van der Waals surface area contributed by atoms with E-state index in [-0.39, 0.29) is 0 Å². The van der Waals surface area contributed by atoms with Crippen molar-refractivity contribution in [2.24, 2.45) is 0 Å². The van der Waals surface area contributed by atoms with E-state index in [1.807, 2.05) is 7.11 Å². The van der Waals surface area contributed by atoms with Crippen LogP contribution in [-0.2, 0) is 4.74 Å². The minimum absolute atomic E-state index is 0.522. The van der Waals surface area contributed by atoms with E-state index in [1.54, 1.807) is 0 Å². The number of rotatable bonds is 5. The van der Waals surface area contributed by atoms with Gasteiger partial charge in [-0.05, 0) is 31.9 Å². The van der Waals surface area contributed by atoms with E-state index < -0.39 is 0 Å². The topological polar surface area (TPSA) is 21.3 Å². The number of nitrogens with one attached hydrogen (secondary N) is 1. The maximum atomic E-state index is 5.31. The lowest BCUT2D eigenvalue weighted by Crippen LogP contribution is -2.50. The molecule has 0 unspecified atom stereocenters. The summed E-state index contributed by atoms with van der Waals surface area (Å²) in [6, 6.07) is 0.718. The van der Waals surface area contributed by atoms with Gasteiger partial charge in [0.1, 0.15) is 0 Å². The average Bonchev–Trinajstić information content (AvgIpc) is 2.29. The second-order valence-electron chi connectivity index (χ2n) is 5.35. The Morgan fingerprint density at radius 2 is 1.94 bits per heavy atom. The fraction of sp³-hybridized carbons (Fsp3) is 1.00. The molecule has 2 aliphatic carbocycles. The molecule has 0 radical (unpaired) electrons. The zero-order chi connectivity index (χ0) is 11.4. The maximum absolute atomic E-state index is 5.31. The van der Waals surface area contributed by atoms with Gasteiger partial charge in [-0.1, -0.05) is 19.3 Å². The molecular weight excluding hydrogens is 218 g/mol. The van der Waals surface area contributed by atoms with Crippen LogP contribution in [0.5, 0.6) is 0 Å². The fourth-order valence-corrected chi connectivity index (χ4v) is 3.83. The minimum atomic E-state index is 0.522. The quantitative estimate of drug-likeness (QED) is 0.802. The summed E-state index contributed by atoms with van der Waals surface area (Å²) in [4.78, 5) is 0. The Morgan fingerprint density at radius 3 is 2.50 bits per heavy atom. The molecule has 0 amide bonds. The van der Waals surface area contributed by atoms with Crippen LogP contribution in [0.25, 0.3) is 0 Å². The smallest absolute Gasteiger partial charge is 0.0601 e. The van der Waals surface area contributed by atoms with Crippen molar-refractivity contribution < 1.29 is 4.74 Å². The van der Waals surface area contributed by atoms with Crippen LogP contribution in [0.15, 0.2) is 0 Å². The summed E-state index contributed by atoms with van der Waals surface area (Å²) in [7, 11) is 1.82. The van der Waals surface area contributed by atoms with Crippen LogP contribution in [0, 0.1) is 0 Å². The van der Waals surface area contributed by atoms with Gasteiger partial charge in [0.2, 0.25) is 0 Å². The van der Waals surface area contributed by atoms with Crippen molar-refractivity contribution in [1.29, 1.82) is 0 Å². The van der Waals surface area contributed by atoms with E-state index in [0.717, 1.165) is 6.04 Å². The number of hydrogen-bond donors (Lipinski definition) is 1. The molecule has 94 valence electrons. The second-order valence-corrected chi connectivity index (χ2v) is 6.63. The monoisotopic (exact) mass is 243 g/mol. The summed E-state index contributed by atoms with van der Waals surface area (Å²) >= 11 is 2.08. The van der Waals surface area contributed by atoms with Crippen LogP contribution in [0.1, 0.15) is 44.9 Å². The molecule has 0 aromatic heterocycles. The van der Waals surface area contributed by atoms with Crippen LogP contribution in [0.3, 0.4) is 0 Å². The molecule has 0 aromatic carbocycles. The Hall–Kier alpha value is 0.270. The number of thioether (sulfide) groups is 1. The summed E-state index contributed by atoms with van der Waals surface area (Å²) in [5.74, 6) is 0. The van der Waals surface area contributed by atoms with Crippen LogP contribution in [0.4, 0.5) is 0 Å². The van der Waals surface area contributed by atoms with E-state index in [9.17, 15) is 0 Å². The van der Waals surface area contributed by atoms with Gasteiger partial charge >= 0.3 is 0 Å².